The Labute approximate surface area is 230 Å². The predicted octanol–water partition coefficient (Wildman–Crippen LogP) is -1.89. The molecule has 0 radical (unpaired) electrons. The average Bonchev–Trinajstić information content (AvgIpc) is 2.83. The molecule has 0 aliphatic carbocycles. The smallest absolute Gasteiger partial charge is 0.326 e. The van der Waals surface area contributed by atoms with Crippen molar-refractivity contribution >= 4 is 47.1 Å². The minimum absolute atomic E-state index is 0.0161. The van der Waals surface area contributed by atoms with Gasteiger partial charge >= 0.3 is 23.9 Å². The molecule has 0 aliphatic heterocycles. The molecule has 0 bridgehead atoms. The highest BCUT2D eigenvalue weighted by Gasteiger charge is 2.29. The van der Waals surface area contributed by atoms with E-state index in [0.29, 0.717) is 0 Å². The first-order chi connectivity index (χ1) is 18.6. The molecule has 16 heteroatoms. The number of hydrogen-bond donors (Lipinski definition) is 7. The van der Waals surface area contributed by atoms with E-state index in [1.54, 1.807) is 0 Å². The number of ketones is 3. The number of nitrogens with zero attached hydrogens (tertiary/aromatic N) is 1. The molecule has 0 fully saturated rings. The molecule has 226 valence electrons. The van der Waals surface area contributed by atoms with Crippen LogP contribution in [0.2, 0.25) is 0 Å². The van der Waals surface area contributed by atoms with Crippen molar-refractivity contribution in [2.45, 2.75) is 76.0 Å². The van der Waals surface area contributed by atoms with Crippen LogP contribution in [0, 0.1) is 0 Å². The van der Waals surface area contributed by atoms with E-state index in [-0.39, 0.29) is 37.9 Å². The second kappa shape index (κ2) is 18.5. The standard InChI is InChI=1S/C24H38N4O12/c1-13(29)4-6-17(22(35)36)27-20(32)9-8-19(24(39)40)28(3)12-15(31)10-18(23(37)38)26-11-14(30)5-7-16(25-2)21(33)34/h16-19,25-26H,4-12H2,1-3H3,(H,27,32)(H,33,34)(H,35,36)(H,37,38)(H,39,40)/t16-,17-,18+,19-/m0/s1. The van der Waals surface area contributed by atoms with Crippen molar-refractivity contribution in [2.75, 3.05) is 27.2 Å². The van der Waals surface area contributed by atoms with Gasteiger partial charge in [-0.15, -0.1) is 0 Å². The maximum absolute atomic E-state index is 12.5. The average molecular weight is 575 g/mol. The Balaban J connectivity index is 4.92. The van der Waals surface area contributed by atoms with Gasteiger partial charge in [0.2, 0.25) is 5.91 Å². The van der Waals surface area contributed by atoms with Gasteiger partial charge in [0.05, 0.1) is 13.1 Å². The van der Waals surface area contributed by atoms with Crippen molar-refractivity contribution < 1.29 is 58.8 Å². The second-order valence-corrected chi connectivity index (χ2v) is 9.28. The molecule has 0 saturated heterocycles. The Bertz CT molecular complexity index is 954. The van der Waals surface area contributed by atoms with Gasteiger partial charge in [-0.05, 0) is 40.3 Å². The molecular formula is C24H38N4O12. The first-order valence-corrected chi connectivity index (χ1v) is 12.4. The third kappa shape index (κ3) is 15.0. The summed E-state index contributed by atoms with van der Waals surface area (Å²) >= 11 is 0. The summed E-state index contributed by atoms with van der Waals surface area (Å²) in [4.78, 5) is 94.4. The van der Waals surface area contributed by atoms with Gasteiger partial charge in [0.1, 0.15) is 41.5 Å². The van der Waals surface area contributed by atoms with Gasteiger partial charge in [-0.25, -0.2) is 4.79 Å². The monoisotopic (exact) mass is 574 g/mol. The summed E-state index contributed by atoms with van der Waals surface area (Å²) in [6.07, 6.45) is -1.62. The molecule has 0 heterocycles. The van der Waals surface area contributed by atoms with Crippen LogP contribution in [0.5, 0.6) is 0 Å². The van der Waals surface area contributed by atoms with Crippen molar-refractivity contribution in [3.63, 3.8) is 0 Å². The molecule has 0 spiro atoms. The van der Waals surface area contributed by atoms with E-state index >= 15 is 0 Å². The third-order valence-corrected chi connectivity index (χ3v) is 5.94. The van der Waals surface area contributed by atoms with Crippen LogP contribution in [0.15, 0.2) is 0 Å². The summed E-state index contributed by atoms with van der Waals surface area (Å²) in [5.41, 5.74) is 0. The number of aliphatic carboxylic acids is 4. The SMILES string of the molecule is CN[C@@H](CCC(=O)CN[C@H](CC(=O)CN(C)[C@@H](CCC(=O)N[C@@H](CCC(C)=O)C(=O)O)C(=O)O)C(=O)O)C(=O)O. The minimum atomic E-state index is -1.46. The van der Waals surface area contributed by atoms with Crippen LogP contribution in [-0.4, -0.2) is 124 Å². The van der Waals surface area contributed by atoms with E-state index in [4.69, 9.17) is 5.11 Å². The van der Waals surface area contributed by atoms with Crippen molar-refractivity contribution in [1.29, 1.82) is 0 Å². The highest BCUT2D eigenvalue weighted by atomic mass is 16.4. The van der Waals surface area contributed by atoms with E-state index in [9.17, 15) is 53.7 Å². The van der Waals surface area contributed by atoms with Gasteiger partial charge in [-0.2, -0.15) is 0 Å². The molecule has 0 aromatic heterocycles. The predicted molar refractivity (Wildman–Crippen MR) is 137 cm³/mol. The summed E-state index contributed by atoms with van der Waals surface area (Å²) in [7, 11) is 2.71. The molecule has 40 heavy (non-hydrogen) atoms. The number of hydrogen-bond acceptors (Lipinski definition) is 11. The maximum atomic E-state index is 12.5. The van der Waals surface area contributed by atoms with E-state index in [0.717, 1.165) is 4.90 Å². The zero-order valence-corrected chi connectivity index (χ0v) is 22.7. The van der Waals surface area contributed by atoms with Gasteiger partial charge in [0.25, 0.3) is 0 Å². The molecule has 0 aromatic rings. The lowest BCUT2D eigenvalue weighted by Gasteiger charge is -2.24. The highest BCUT2D eigenvalue weighted by molar-refractivity contribution is 5.89. The molecule has 0 unspecified atom stereocenters. The number of carboxylic acid groups (broad SMARTS) is 4. The number of rotatable bonds is 23. The van der Waals surface area contributed by atoms with Crippen LogP contribution in [-0.2, 0) is 38.4 Å². The number of nitrogens with one attached hydrogen (secondary N) is 3. The summed E-state index contributed by atoms with van der Waals surface area (Å²) < 4.78 is 0. The van der Waals surface area contributed by atoms with Crippen LogP contribution in [0.25, 0.3) is 0 Å². The van der Waals surface area contributed by atoms with E-state index < -0.39 is 91.4 Å². The first-order valence-electron chi connectivity index (χ1n) is 12.4. The molecule has 0 aromatic carbocycles. The zero-order chi connectivity index (χ0) is 31.0. The molecule has 0 aliphatic rings. The van der Waals surface area contributed by atoms with Crippen molar-refractivity contribution in [3.05, 3.63) is 0 Å². The van der Waals surface area contributed by atoms with E-state index in [2.05, 4.69) is 16.0 Å². The second-order valence-electron chi connectivity index (χ2n) is 9.28. The fraction of sp³-hybridized carbons (Fsp3) is 0.667. The molecular weight excluding hydrogens is 536 g/mol. The van der Waals surface area contributed by atoms with Gasteiger partial charge in [0.15, 0.2) is 0 Å². The topological polar surface area (TPSA) is 257 Å². The fourth-order valence-electron chi connectivity index (χ4n) is 3.62. The maximum Gasteiger partial charge on any atom is 0.326 e. The summed E-state index contributed by atoms with van der Waals surface area (Å²) in [6.45, 7) is 0.359. The lowest BCUT2D eigenvalue weighted by atomic mass is 10.1. The summed E-state index contributed by atoms with van der Waals surface area (Å²) in [5, 5.41) is 44.3. The van der Waals surface area contributed by atoms with Gasteiger partial charge in [-0.1, -0.05) is 0 Å². The largest absolute Gasteiger partial charge is 0.480 e. The Kier molecular flexibility index (Phi) is 16.8. The zero-order valence-electron chi connectivity index (χ0n) is 22.7. The number of carboxylic acids is 4. The van der Waals surface area contributed by atoms with Gasteiger partial charge in [0, 0.05) is 25.7 Å². The quantitative estimate of drug-likeness (QED) is 0.0704. The molecule has 4 atom stereocenters. The van der Waals surface area contributed by atoms with Crippen LogP contribution in [0.4, 0.5) is 0 Å². The van der Waals surface area contributed by atoms with Crippen molar-refractivity contribution in [3.8, 4) is 0 Å². The Hall–Kier alpha value is -3.76. The van der Waals surface area contributed by atoms with Crippen LogP contribution in [0.3, 0.4) is 0 Å². The summed E-state index contributed by atoms with van der Waals surface area (Å²) in [6, 6.07) is -5.06. The third-order valence-electron chi connectivity index (χ3n) is 5.94. The number of carbonyl (C=O) groups is 8. The molecule has 7 N–H and O–H groups in total. The minimum Gasteiger partial charge on any atom is -0.480 e. The van der Waals surface area contributed by atoms with E-state index in [1.165, 1.54) is 21.0 Å². The van der Waals surface area contributed by atoms with Crippen LogP contribution >= 0.6 is 0 Å². The number of likely N-dealkylation sites (N-methyl/N-ethyl adjacent to an activating group) is 2. The molecule has 0 rings (SSSR count). The normalized spacial score (nSPS) is 14.0. The van der Waals surface area contributed by atoms with Gasteiger partial charge < -0.3 is 35.9 Å². The molecule has 1 amide bonds. The molecule has 0 saturated carbocycles. The number of carbonyl (C=O) groups excluding carboxylic acids is 4. The van der Waals surface area contributed by atoms with Crippen molar-refractivity contribution in [2.24, 2.45) is 0 Å². The lowest BCUT2D eigenvalue weighted by Crippen LogP contribution is -2.46. The Morgan fingerprint density at radius 3 is 1.73 bits per heavy atom. The Morgan fingerprint density at radius 2 is 1.25 bits per heavy atom. The Morgan fingerprint density at radius 1 is 0.700 bits per heavy atom. The molecule has 16 nitrogen and oxygen atoms in total. The summed E-state index contributed by atoms with van der Waals surface area (Å²) in [5.74, 6) is -7.43. The fourth-order valence-corrected chi connectivity index (χ4v) is 3.62. The lowest BCUT2D eigenvalue weighted by molar-refractivity contribution is -0.145. The van der Waals surface area contributed by atoms with Crippen molar-refractivity contribution in [1.82, 2.24) is 20.9 Å². The van der Waals surface area contributed by atoms with Crippen LogP contribution < -0.4 is 16.0 Å². The number of Topliss-reactive ketones (excluding diaryl/α,β-unsaturated/α-hetero) is 3. The van der Waals surface area contributed by atoms with Gasteiger partial charge in [-0.3, -0.25) is 39.0 Å². The number of amides is 1. The highest BCUT2D eigenvalue weighted by Crippen LogP contribution is 2.09. The van der Waals surface area contributed by atoms with Crippen LogP contribution in [0.1, 0.15) is 51.9 Å². The first kappa shape index (κ1) is 36.2. The van der Waals surface area contributed by atoms with E-state index in [1.807, 2.05) is 0 Å².